The van der Waals surface area contributed by atoms with Gasteiger partial charge in [-0.15, -0.1) is 0 Å². The topological polar surface area (TPSA) is 81.3 Å². The number of aromatic amines is 1. The van der Waals surface area contributed by atoms with Crippen LogP contribution in [0.2, 0.25) is 0 Å². The van der Waals surface area contributed by atoms with E-state index in [1.165, 1.54) is 27.6 Å². The van der Waals surface area contributed by atoms with Gasteiger partial charge in [0.1, 0.15) is 11.6 Å². The second kappa shape index (κ2) is 8.53. The molecule has 4 aromatic rings. The van der Waals surface area contributed by atoms with Crippen LogP contribution in [0.3, 0.4) is 0 Å². The Bertz CT molecular complexity index is 1320. The first-order valence-corrected chi connectivity index (χ1v) is 11.8. The quantitative estimate of drug-likeness (QED) is 0.388. The van der Waals surface area contributed by atoms with Gasteiger partial charge in [-0.3, -0.25) is 5.01 Å². The number of fused-ring (bicyclic) bond motifs is 1. The van der Waals surface area contributed by atoms with E-state index in [1.54, 1.807) is 7.11 Å². The number of hydrogen-bond donors (Lipinski definition) is 3. The van der Waals surface area contributed by atoms with Gasteiger partial charge < -0.3 is 19.9 Å². The molecule has 2 aliphatic heterocycles. The lowest BCUT2D eigenvalue weighted by molar-refractivity contribution is 0.414. The summed E-state index contributed by atoms with van der Waals surface area (Å²) in [5.74, 6) is 3.52. The molecule has 2 aromatic carbocycles. The zero-order chi connectivity index (χ0) is 23.1. The summed E-state index contributed by atoms with van der Waals surface area (Å²) in [6, 6.07) is 16.9. The highest BCUT2D eigenvalue weighted by molar-refractivity contribution is 5.83. The molecule has 34 heavy (non-hydrogen) atoms. The molecule has 0 amide bonds. The molecule has 0 bridgehead atoms. The molecule has 0 spiro atoms. The summed E-state index contributed by atoms with van der Waals surface area (Å²) >= 11 is 0. The highest BCUT2D eigenvalue weighted by atomic mass is 16.5. The first-order chi connectivity index (χ1) is 16.7. The zero-order valence-electron chi connectivity index (χ0n) is 19.5. The van der Waals surface area contributed by atoms with E-state index in [9.17, 15) is 0 Å². The van der Waals surface area contributed by atoms with Crippen LogP contribution in [0.1, 0.15) is 29.2 Å². The van der Waals surface area contributed by atoms with E-state index in [2.05, 4.69) is 63.2 Å². The molecule has 174 valence electrons. The number of H-pyrrole nitrogens is 1. The number of anilines is 3. The van der Waals surface area contributed by atoms with Gasteiger partial charge in [-0.2, -0.15) is 9.97 Å². The Balaban J connectivity index is 1.24. The Hall–Kier alpha value is -3.78. The van der Waals surface area contributed by atoms with Gasteiger partial charge in [0.15, 0.2) is 5.82 Å². The molecule has 3 N–H and O–H groups in total. The predicted octanol–water partition coefficient (Wildman–Crippen LogP) is 4.03. The summed E-state index contributed by atoms with van der Waals surface area (Å²) in [7, 11) is 3.73. The monoisotopic (exact) mass is 455 g/mol. The van der Waals surface area contributed by atoms with Crippen LogP contribution >= 0.6 is 0 Å². The van der Waals surface area contributed by atoms with Crippen LogP contribution in [0.15, 0.2) is 54.7 Å². The number of rotatable bonds is 7. The molecule has 6 rings (SSSR count). The van der Waals surface area contributed by atoms with E-state index in [1.807, 2.05) is 24.2 Å². The number of para-hydroxylation sites is 1. The largest absolute Gasteiger partial charge is 0.497 e. The summed E-state index contributed by atoms with van der Waals surface area (Å²) in [5, 5.41) is 6.78. The van der Waals surface area contributed by atoms with Crippen molar-refractivity contribution in [2.45, 2.75) is 25.4 Å². The van der Waals surface area contributed by atoms with Crippen molar-refractivity contribution in [1.82, 2.24) is 20.4 Å². The Kier molecular flexibility index (Phi) is 5.22. The smallest absolute Gasteiger partial charge is 0.226 e. The number of aromatic nitrogens is 3. The van der Waals surface area contributed by atoms with E-state index in [0.29, 0.717) is 5.95 Å². The maximum Gasteiger partial charge on any atom is 0.226 e. The van der Waals surface area contributed by atoms with Gasteiger partial charge in [-0.25, -0.2) is 5.43 Å². The van der Waals surface area contributed by atoms with Gasteiger partial charge in [0.2, 0.25) is 5.95 Å². The third-order valence-corrected chi connectivity index (χ3v) is 6.79. The maximum absolute atomic E-state index is 5.31. The molecule has 1 unspecified atom stereocenters. The van der Waals surface area contributed by atoms with Crippen molar-refractivity contribution in [2.75, 3.05) is 42.5 Å². The van der Waals surface area contributed by atoms with Crippen LogP contribution in [-0.2, 0) is 13.0 Å². The van der Waals surface area contributed by atoms with Gasteiger partial charge in [-0.1, -0.05) is 30.3 Å². The summed E-state index contributed by atoms with van der Waals surface area (Å²) in [4.78, 5) is 15.6. The number of nitrogens with zero attached hydrogens (tertiary/aromatic N) is 4. The molecule has 0 radical (unpaired) electrons. The normalized spacial score (nSPS) is 16.7. The Morgan fingerprint density at radius 1 is 1.09 bits per heavy atom. The van der Waals surface area contributed by atoms with E-state index < -0.39 is 0 Å². The lowest BCUT2D eigenvalue weighted by Gasteiger charge is -2.32. The third kappa shape index (κ3) is 3.70. The number of methoxy groups -OCH3 is 1. The van der Waals surface area contributed by atoms with E-state index in [4.69, 9.17) is 14.7 Å². The SMILES string of the molecule is COc1ccc(CN2CCC3NN(C)c4nc(NCCc5c[nH]c6ccccc56)nc2c43)cc1. The minimum atomic E-state index is 0.266. The van der Waals surface area contributed by atoms with Gasteiger partial charge in [0, 0.05) is 43.8 Å². The van der Waals surface area contributed by atoms with Crippen molar-refractivity contribution in [2.24, 2.45) is 0 Å². The summed E-state index contributed by atoms with van der Waals surface area (Å²) in [5.41, 5.74) is 8.44. The maximum atomic E-state index is 5.31. The average Bonchev–Trinajstić information content (AvgIpc) is 3.43. The van der Waals surface area contributed by atoms with Gasteiger partial charge in [0.25, 0.3) is 0 Å². The van der Waals surface area contributed by atoms with Crippen molar-refractivity contribution in [3.05, 3.63) is 71.4 Å². The third-order valence-electron chi connectivity index (χ3n) is 6.79. The van der Waals surface area contributed by atoms with Crippen LogP contribution in [0.5, 0.6) is 5.75 Å². The number of ether oxygens (including phenoxy) is 1. The molecule has 0 fully saturated rings. The van der Waals surface area contributed by atoms with Gasteiger partial charge >= 0.3 is 0 Å². The average molecular weight is 456 g/mol. The first-order valence-electron chi connectivity index (χ1n) is 11.8. The minimum Gasteiger partial charge on any atom is -0.497 e. The van der Waals surface area contributed by atoms with Crippen molar-refractivity contribution in [3.63, 3.8) is 0 Å². The molecule has 4 heterocycles. The minimum absolute atomic E-state index is 0.266. The molecule has 0 saturated heterocycles. The fraction of sp³-hybridized carbons (Fsp3) is 0.308. The first kappa shape index (κ1) is 20.8. The van der Waals surface area contributed by atoms with Gasteiger partial charge in [0.05, 0.1) is 18.7 Å². The van der Waals surface area contributed by atoms with E-state index in [0.717, 1.165) is 49.9 Å². The molecule has 2 aromatic heterocycles. The van der Waals surface area contributed by atoms with Crippen molar-refractivity contribution < 1.29 is 4.74 Å². The van der Waals surface area contributed by atoms with Crippen LogP contribution < -0.4 is 25.4 Å². The van der Waals surface area contributed by atoms with E-state index >= 15 is 0 Å². The summed E-state index contributed by atoms with van der Waals surface area (Å²) < 4.78 is 5.31. The van der Waals surface area contributed by atoms with Crippen molar-refractivity contribution >= 4 is 28.5 Å². The highest BCUT2D eigenvalue weighted by Gasteiger charge is 2.37. The Morgan fingerprint density at radius 2 is 1.91 bits per heavy atom. The van der Waals surface area contributed by atoms with Gasteiger partial charge in [-0.05, 0) is 42.2 Å². The standard InChI is InChI=1S/C26H29N7O/c1-32-24-23-22(31-32)12-14-33(16-17-7-9-19(34-2)10-8-17)25(23)30-26(29-24)27-13-11-18-15-28-21-6-4-3-5-20(18)21/h3-10,15,22,28,31H,11-14,16H2,1-2H3,(H,27,29,30). The molecule has 8 nitrogen and oxygen atoms in total. The van der Waals surface area contributed by atoms with Crippen LogP contribution in [0, 0.1) is 0 Å². The molecular formula is C26H29N7O. The van der Waals surface area contributed by atoms with E-state index in [-0.39, 0.29) is 6.04 Å². The van der Waals surface area contributed by atoms with Crippen LogP contribution in [0.25, 0.3) is 10.9 Å². The second-order valence-corrected chi connectivity index (χ2v) is 8.94. The fourth-order valence-electron chi connectivity index (χ4n) is 5.05. The lowest BCUT2D eigenvalue weighted by atomic mass is 10.0. The second-order valence-electron chi connectivity index (χ2n) is 8.94. The number of benzene rings is 2. The predicted molar refractivity (Wildman–Crippen MR) is 135 cm³/mol. The van der Waals surface area contributed by atoms with Crippen LogP contribution in [0.4, 0.5) is 17.6 Å². The lowest BCUT2D eigenvalue weighted by Crippen LogP contribution is -2.36. The van der Waals surface area contributed by atoms with Crippen LogP contribution in [-0.4, -0.2) is 42.2 Å². The number of hydrogen-bond acceptors (Lipinski definition) is 7. The number of nitrogens with one attached hydrogen (secondary N) is 3. The Morgan fingerprint density at radius 3 is 2.76 bits per heavy atom. The molecule has 0 saturated carbocycles. The Labute approximate surface area is 198 Å². The van der Waals surface area contributed by atoms with Crippen molar-refractivity contribution in [3.8, 4) is 5.75 Å². The summed E-state index contributed by atoms with van der Waals surface area (Å²) in [6.45, 7) is 2.51. The molecular weight excluding hydrogens is 426 g/mol. The summed E-state index contributed by atoms with van der Waals surface area (Å²) in [6.07, 6.45) is 4.02. The fourth-order valence-corrected chi connectivity index (χ4v) is 5.05. The number of hydrazine groups is 1. The molecule has 1 atom stereocenters. The highest BCUT2D eigenvalue weighted by Crippen LogP contribution is 2.43. The molecule has 8 heteroatoms. The molecule has 2 aliphatic rings. The zero-order valence-corrected chi connectivity index (χ0v) is 19.5. The molecule has 0 aliphatic carbocycles. The van der Waals surface area contributed by atoms with Crippen molar-refractivity contribution in [1.29, 1.82) is 0 Å².